The van der Waals surface area contributed by atoms with Gasteiger partial charge in [-0.05, 0) is 58.8 Å². The third-order valence-corrected chi connectivity index (χ3v) is 6.39. The second-order valence-electron chi connectivity index (χ2n) is 10.3. The molecule has 2 aliphatic heterocycles. The highest BCUT2D eigenvalue weighted by Crippen LogP contribution is 2.28. The number of carbonyl (C=O) groups is 4. The first-order valence-electron chi connectivity index (χ1n) is 12.4. The van der Waals surface area contributed by atoms with Crippen molar-refractivity contribution in [3.63, 3.8) is 0 Å². The largest absolute Gasteiger partial charge is 0.481 e. The molecule has 0 unspecified atom stereocenters. The fraction of sp³-hybridized carbons (Fsp3) is 0.692. The van der Waals surface area contributed by atoms with Crippen LogP contribution in [0.15, 0.2) is 11.6 Å². The number of allylic oxidation sites excluding steroid dienone is 1. The maximum atomic E-state index is 13.1. The van der Waals surface area contributed by atoms with Gasteiger partial charge in [0.1, 0.15) is 11.6 Å². The topological polar surface area (TPSA) is 116 Å². The Morgan fingerprint density at radius 1 is 1.11 bits per heavy atom. The van der Waals surface area contributed by atoms with E-state index in [9.17, 15) is 19.2 Å². The molecule has 2 aliphatic rings. The van der Waals surface area contributed by atoms with E-state index in [1.807, 2.05) is 27.7 Å². The number of nitrogens with one attached hydrogen (secondary N) is 1. The molecule has 2 N–H and O–H groups in total. The van der Waals surface area contributed by atoms with Crippen LogP contribution in [0, 0.1) is 24.2 Å². The molecule has 9 nitrogen and oxygen atoms in total. The van der Waals surface area contributed by atoms with Crippen LogP contribution in [-0.2, 0) is 19.1 Å². The molecule has 0 aromatic carbocycles. The summed E-state index contributed by atoms with van der Waals surface area (Å²) < 4.78 is 5.46. The van der Waals surface area contributed by atoms with E-state index in [1.165, 1.54) is 0 Å². The van der Waals surface area contributed by atoms with Crippen molar-refractivity contribution in [3.05, 3.63) is 11.6 Å². The molecule has 0 aliphatic carbocycles. The van der Waals surface area contributed by atoms with Gasteiger partial charge in [0.05, 0.1) is 12.3 Å². The van der Waals surface area contributed by atoms with Gasteiger partial charge in [-0.25, -0.2) is 4.79 Å². The predicted molar refractivity (Wildman–Crippen MR) is 131 cm³/mol. The van der Waals surface area contributed by atoms with Gasteiger partial charge in [-0.1, -0.05) is 18.4 Å². The van der Waals surface area contributed by atoms with Crippen molar-refractivity contribution in [2.75, 3.05) is 26.2 Å². The standard InChI is InChI=1S/C26H39N3O6/c1-6-18(19-10-13-28(14-11-19)25(34)35-26(3,4)5)15-22(30)29-12-8-9-20(17-29)24(33)27-21(7-2)16-23(31)32/h2,15,19-21H,6,8-14,16-17H2,1,3-5H3,(H,27,33)(H,31,32)/b18-15+/t20-,21-/m1/s1. The Bertz CT molecular complexity index is 861. The fourth-order valence-electron chi connectivity index (χ4n) is 4.52. The number of carboxylic acid groups (broad SMARTS) is 1. The van der Waals surface area contributed by atoms with E-state index in [-0.39, 0.29) is 36.8 Å². The van der Waals surface area contributed by atoms with Crippen LogP contribution in [0.2, 0.25) is 0 Å². The van der Waals surface area contributed by atoms with E-state index in [4.69, 9.17) is 16.3 Å². The maximum Gasteiger partial charge on any atom is 0.410 e. The molecular formula is C26H39N3O6. The number of ether oxygens (including phenoxy) is 1. The molecule has 0 radical (unpaired) electrons. The van der Waals surface area contributed by atoms with Crippen LogP contribution in [0.5, 0.6) is 0 Å². The second kappa shape index (κ2) is 12.6. The Kier molecular flexibility index (Phi) is 10.2. The predicted octanol–water partition coefficient (Wildman–Crippen LogP) is 2.80. The summed E-state index contributed by atoms with van der Waals surface area (Å²) in [5.74, 6) is 0.574. The first kappa shape index (κ1) is 28.2. The van der Waals surface area contributed by atoms with E-state index in [0.29, 0.717) is 32.5 Å². The summed E-state index contributed by atoms with van der Waals surface area (Å²) in [4.78, 5) is 52.3. The van der Waals surface area contributed by atoms with Crippen molar-refractivity contribution in [2.45, 2.75) is 77.9 Å². The molecular weight excluding hydrogens is 450 g/mol. The van der Waals surface area contributed by atoms with Crippen LogP contribution in [0.3, 0.4) is 0 Å². The Morgan fingerprint density at radius 2 is 1.77 bits per heavy atom. The van der Waals surface area contributed by atoms with Gasteiger partial charge in [0.15, 0.2) is 0 Å². The highest BCUT2D eigenvalue weighted by atomic mass is 16.6. The van der Waals surface area contributed by atoms with Crippen molar-refractivity contribution in [1.82, 2.24) is 15.1 Å². The molecule has 2 rings (SSSR count). The van der Waals surface area contributed by atoms with Crippen LogP contribution >= 0.6 is 0 Å². The number of piperidine rings is 2. The SMILES string of the molecule is C#C[C@H](CC(=O)O)NC(=O)[C@@H]1CCCN(C(=O)/C=C(\CC)C2CCN(C(=O)OC(C)(C)C)CC2)C1. The molecule has 194 valence electrons. The lowest BCUT2D eigenvalue weighted by molar-refractivity contribution is -0.137. The van der Waals surface area contributed by atoms with Gasteiger partial charge in [-0.3, -0.25) is 14.4 Å². The monoisotopic (exact) mass is 489 g/mol. The number of carbonyl (C=O) groups excluding carboxylic acids is 3. The third-order valence-electron chi connectivity index (χ3n) is 6.39. The van der Waals surface area contributed by atoms with E-state index in [1.54, 1.807) is 15.9 Å². The lowest BCUT2D eigenvalue weighted by Gasteiger charge is -2.35. The third kappa shape index (κ3) is 8.93. The summed E-state index contributed by atoms with van der Waals surface area (Å²) in [5, 5.41) is 11.5. The molecule has 3 amide bonds. The van der Waals surface area contributed by atoms with Crippen LogP contribution in [0.25, 0.3) is 0 Å². The maximum absolute atomic E-state index is 13.1. The number of amides is 3. The van der Waals surface area contributed by atoms with Crippen LogP contribution in [-0.4, -0.2) is 76.6 Å². The molecule has 0 spiro atoms. The summed E-state index contributed by atoms with van der Waals surface area (Å²) in [7, 11) is 0. The zero-order valence-electron chi connectivity index (χ0n) is 21.3. The average molecular weight is 490 g/mol. The van der Waals surface area contributed by atoms with Crippen molar-refractivity contribution < 1.29 is 29.0 Å². The number of likely N-dealkylation sites (tertiary alicyclic amines) is 2. The lowest BCUT2D eigenvalue weighted by Crippen LogP contribution is -2.47. The second-order valence-corrected chi connectivity index (χ2v) is 10.3. The minimum Gasteiger partial charge on any atom is -0.481 e. The Morgan fingerprint density at radius 3 is 2.31 bits per heavy atom. The first-order valence-corrected chi connectivity index (χ1v) is 12.4. The minimum absolute atomic E-state index is 0.118. The van der Waals surface area contributed by atoms with Gasteiger partial charge >= 0.3 is 12.1 Å². The van der Waals surface area contributed by atoms with Gasteiger partial charge in [0, 0.05) is 32.3 Å². The van der Waals surface area contributed by atoms with E-state index in [0.717, 1.165) is 24.8 Å². The Balaban J connectivity index is 1.94. The number of hydrogen-bond donors (Lipinski definition) is 2. The first-order chi connectivity index (χ1) is 16.4. The lowest BCUT2D eigenvalue weighted by atomic mass is 9.87. The molecule has 35 heavy (non-hydrogen) atoms. The quantitative estimate of drug-likeness (QED) is 0.420. The molecule has 0 aromatic rings. The number of carboxylic acids is 1. The fourth-order valence-corrected chi connectivity index (χ4v) is 4.52. The summed E-state index contributed by atoms with van der Waals surface area (Å²) >= 11 is 0. The smallest absolute Gasteiger partial charge is 0.410 e. The van der Waals surface area contributed by atoms with E-state index in [2.05, 4.69) is 11.2 Å². The molecule has 0 bridgehead atoms. The van der Waals surface area contributed by atoms with Crippen molar-refractivity contribution in [3.8, 4) is 12.3 Å². The molecule has 2 heterocycles. The van der Waals surface area contributed by atoms with Crippen LogP contribution < -0.4 is 5.32 Å². The number of hydrogen-bond acceptors (Lipinski definition) is 5. The molecule has 2 fully saturated rings. The van der Waals surface area contributed by atoms with E-state index >= 15 is 0 Å². The van der Waals surface area contributed by atoms with Crippen molar-refractivity contribution in [2.24, 2.45) is 11.8 Å². The highest BCUT2D eigenvalue weighted by Gasteiger charge is 2.31. The number of terminal acetylenes is 1. The molecule has 0 saturated carbocycles. The highest BCUT2D eigenvalue weighted by molar-refractivity contribution is 5.89. The minimum atomic E-state index is -1.08. The van der Waals surface area contributed by atoms with Gasteiger partial charge in [0.2, 0.25) is 11.8 Å². The van der Waals surface area contributed by atoms with Gasteiger partial charge in [0.25, 0.3) is 0 Å². The number of rotatable bonds is 7. The average Bonchev–Trinajstić information content (AvgIpc) is 2.80. The number of nitrogens with zero attached hydrogens (tertiary/aromatic N) is 2. The summed E-state index contributed by atoms with van der Waals surface area (Å²) in [6.45, 7) is 9.58. The zero-order chi connectivity index (χ0) is 26.2. The van der Waals surface area contributed by atoms with Gasteiger partial charge in [-0.15, -0.1) is 6.42 Å². The summed E-state index contributed by atoms with van der Waals surface area (Å²) in [5.41, 5.74) is 0.523. The number of aliphatic carboxylic acids is 1. The summed E-state index contributed by atoms with van der Waals surface area (Å²) in [6.07, 6.45) is 9.98. The van der Waals surface area contributed by atoms with Gasteiger partial charge in [-0.2, -0.15) is 0 Å². The molecule has 0 aromatic heterocycles. The van der Waals surface area contributed by atoms with Crippen LogP contribution in [0.4, 0.5) is 4.79 Å². The van der Waals surface area contributed by atoms with Gasteiger partial charge < -0.3 is 25.0 Å². The normalized spacial score (nSPS) is 20.5. The van der Waals surface area contributed by atoms with Crippen molar-refractivity contribution >= 4 is 23.9 Å². The molecule has 2 atom stereocenters. The van der Waals surface area contributed by atoms with E-state index < -0.39 is 23.5 Å². The van der Waals surface area contributed by atoms with Crippen molar-refractivity contribution in [1.29, 1.82) is 0 Å². The Hall–Kier alpha value is -3.02. The molecule has 2 saturated heterocycles. The Labute approximate surface area is 208 Å². The van der Waals surface area contributed by atoms with Crippen LogP contribution in [0.1, 0.15) is 66.2 Å². The summed E-state index contributed by atoms with van der Waals surface area (Å²) in [6, 6.07) is -0.871. The molecule has 9 heteroatoms. The zero-order valence-corrected chi connectivity index (χ0v) is 21.3.